The summed E-state index contributed by atoms with van der Waals surface area (Å²) < 4.78 is 16.0. The second-order valence-corrected chi connectivity index (χ2v) is 8.02. The molecule has 0 saturated carbocycles. The second kappa shape index (κ2) is 9.10. The number of aromatic amines is 1. The van der Waals surface area contributed by atoms with Crippen molar-refractivity contribution < 1.29 is 23.8 Å². The standard InChI is InChI=1S/C21H30N2O5/c1-14(2)19(24)28-21(3,4)13-26-20(25)27-17-9-7-8-16-18(17)15(12-22-16)10-11-23(5)6/h7-9,12,14,22H,10-11,13H2,1-6H3. The summed E-state index contributed by atoms with van der Waals surface area (Å²) in [6, 6.07) is 5.48. The number of carbonyl (C=O) groups excluding carboxylic acids is 2. The van der Waals surface area contributed by atoms with Gasteiger partial charge in [-0.2, -0.15) is 0 Å². The molecule has 0 aliphatic heterocycles. The number of nitrogens with one attached hydrogen (secondary N) is 1. The van der Waals surface area contributed by atoms with Crippen LogP contribution in [0.15, 0.2) is 24.4 Å². The van der Waals surface area contributed by atoms with Crippen LogP contribution in [0.25, 0.3) is 10.9 Å². The first-order valence-corrected chi connectivity index (χ1v) is 9.40. The molecule has 0 amide bonds. The fraction of sp³-hybridized carbons (Fsp3) is 0.524. The van der Waals surface area contributed by atoms with Gasteiger partial charge in [0.1, 0.15) is 18.0 Å². The van der Waals surface area contributed by atoms with E-state index in [0.717, 1.165) is 29.4 Å². The minimum atomic E-state index is -0.933. The molecule has 7 nitrogen and oxygen atoms in total. The Morgan fingerprint density at radius 2 is 1.93 bits per heavy atom. The van der Waals surface area contributed by atoms with E-state index in [2.05, 4.69) is 9.88 Å². The molecular weight excluding hydrogens is 360 g/mol. The number of esters is 1. The van der Waals surface area contributed by atoms with Crippen LogP contribution in [0, 0.1) is 5.92 Å². The Labute approximate surface area is 165 Å². The van der Waals surface area contributed by atoms with Crippen LogP contribution < -0.4 is 4.74 Å². The van der Waals surface area contributed by atoms with Gasteiger partial charge in [0.25, 0.3) is 0 Å². The number of ether oxygens (including phenoxy) is 3. The number of carbonyl (C=O) groups is 2. The SMILES string of the molecule is CC(C)C(=O)OC(C)(C)COC(=O)Oc1cccc2[nH]cc(CCN(C)C)c12. The average molecular weight is 390 g/mol. The number of fused-ring (bicyclic) bond motifs is 1. The molecule has 0 unspecified atom stereocenters. The van der Waals surface area contributed by atoms with Crippen molar-refractivity contribution in [3.8, 4) is 5.75 Å². The Hall–Kier alpha value is -2.54. The number of rotatable bonds is 8. The first-order chi connectivity index (χ1) is 13.1. The maximum absolute atomic E-state index is 12.2. The van der Waals surface area contributed by atoms with Gasteiger partial charge < -0.3 is 24.1 Å². The normalized spacial score (nSPS) is 11.9. The van der Waals surface area contributed by atoms with Crippen LogP contribution in [-0.4, -0.2) is 54.9 Å². The third kappa shape index (κ3) is 5.99. The van der Waals surface area contributed by atoms with Crippen molar-refractivity contribution in [2.45, 2.75) is 39.7 Å². The Morgan fingerprint density at radius 1 is 1.21 bits per heavy atom. The van der Waals surface area contributed by atoms with Gasteiger partial charge in [-0.25, -0.2) is 4.79 Å². The maximum Gasteiger partial charge on any atom is 0.514 e. The van der Waals surface area contributed by atoms with E-state index < -0.39 is 11.8 Å². The Balaban J connectivity index is 2.04. The van der Waals surface area contributed by atoms with Crippen LogP contribution in [0.4, 0.5) is 4.79 Å². The third-order valence-corrected chi connectivity index (χ3v) is 4.16. The predicted molar refractivity (Wildman–Crippen MR) is 108 cm³/mol. The van der Waals surface area contributed by atoms with Gasteiger partial charge in [0.2, 0.25) is 0 Å². The van der Waals surface area contributed by atoms with Crippen molar-refractivity contribution in [2.24, 2.45) is 5.92 Å². The topological polar surface area (TPSA) is 80.9 Å². The molecule has 154 valence electrons. The molecule has 1 heterocycles. The number of hydrogen-bond acceptors (Lipinski definition) is 6. The highest BCUT2D eigenvalue weighted by Crippen LogP contribution is 2.29. The van der Waals surface area contributed by atoms with Gasteiger partial charge in [-0.1, -0.05) is 19.9 Å². The molecule has 0 aliphatic carbocycles. The third-order valence-electron chi connectivity index (χ3n) is 4.16. The van der Waals surface area contributed by atoms with E-state index in [1.54, 1.807) is 33.8 Å². The molecule has 0 atom stereocenters. The zero-order valence-electron chi connectivity index (χ0n) is 17.5. The van der Waals surface area contributed by atoms with Gasteiger partial charge >= 0.3 is 12.1 Å². The summed E-state index contributed by atoms with van der Waals surface area (Å²) in [6.07, 6.45) is 1.92. The monoisotopic (exact) mass is 390 g/mol. The van der Waals surface area contributed by atoms with Crippen LogP contribution in [0.5, 0.6) is 5.75 Å². The quantitative estimate of drug-likeness (QED) is 0.546. The van der Waals surface area contributed by atoms with E-state index in [1.165, 1.54) is 0 Å². The fourth-order valence-corrected chi connectivity index (χ4v) is 2.62. The van der Waals surface area contributed by atoms with E-state index in [0.29, 0.717) is 5.75 Å². The molecule has 0 bridgehead atoms. The largest absolute Gasteiger partial charge is 0.514 e. The summed E-state index contributed by atoms with van der Waals surface area (Å²) in [6.45, 7) is 7.65. The van der Waals surface area contributed by atoms with Crippen molar-refractivity contribution in [1.82, 2.24) is 9.88 Å². The van der Waals surface area contributed by atoms with Crippen molar-refractivity contribution in [3.05, 3.63) is 30.0 Å². The molecule has 0 aliphatic rings. The maximum atomic E-state index is 12.2. The van der Waals surface area contributed by atoms with Crippen molar-refractivity contribution in [1.29, 1.82) is 0 Å². The van der Waals surface area contributed by atoms with Gasteiger partial charge in [-0.3, -0.25) is 4.79 Å². The predicted octanol–water partition coefficient (Wildman–Crippen LogP) is 3.77. The number of hydrogen-bond donors (Lipinski definition) is 1. The Kier molecular flexibility index (Phi) is 7.07. The zero-order valence-corrected chi connectivity index (χ0v) is 17.5. The van der Waals surface area contributed by atoms with E-state index in [1.807, 2.05) is 32.4 Å². The first kappa shape index (κ1) is 21.8. The van der Waals surface area contributed by atoms with Gasteiger partial charge in [0.15, 0.2) is 0 Å². The second-order valence-electron chi connectivity index (χ2n) is 8.02. The minimum absolute atomic E-state index is 0.0963. The molecule has 2 aromatic rings. The van der Waals surface area contributed by atoms with Crippen molar-refractivity contribution in [3.63, 3.8) is 0 Å². The number of H-pyrrole nitrogens is 1. The molecule has 1 N–H and O–H groups in total. The van der Waals surface area contributed by atoms with Crippen LogP contribution in [0.2, 0.25) is 0 Å². The number of nitrogens with zero attached hydrogens (tertiary/aromatic N) is 1. The van der Waals surface area contributed by atoms with Gasteiger partial charge in [0.05, 0.1) is 5.92 Å². The summed E-state index contributed by atoms with van der Waals surface area (Å²) in [7, 11) is 4.02. The Bertz CT molecular complexity index is 823. The van der Waals surface area contributed by atoms with Crippen LogP contribution >= 0.6 is 0 Å². The summed E-state index contributed by atoms with van der Waals surface area (Å²) in [5.41, 5.74) is 1.03. The van der Waals surface area contributed by atoms with Crippen molar-refractivity contribution >= 4 is 23.0 Å². The minimum Gasteiger partial charge on any atom is -0.456 e. The highest BCUT2D eigenvalue weighted by atomic mass is 16.7. The molecule has 2 rings (SSSR count). The molecule has 0 spiro atoms. The van der Waals surface area contributed by atoms with Gasteiger partial charge in [-0.05, 0) is 52.1 Å². The smallest absolute Gasteiger partial charge is 0.456 e. The van der Waals surface area contributed by atoms with Gasteiger partial charge in [0, 0.05) is 23.6 Å². The lowest BCUT2D eigenvalue weighted by Crippen LogP contribution is -2.36. The molecular formula is C21H30N2O5. The number of benzene rings is 1. The van der Waals surface area contributed by atoms with E-state index in [-0.39, 0.29) is 18.5 Å². The summed E-state index contributed by atoms with van der Waals surface area (Å²) in [5, 5.41) is 0.867. The van der Waals surface area contributed by atoms with Crippen LogP contribution in [-0.2, 0) is 20.7 Å². The van der Waals surface area contributed by atoms with E-state index in [9.17, 15) is 9.59 Å². The molecule has 0 fully saturated rings. The lowest BCUT2D eigenvalue weighted by molar-refractivity contribution is -0.164. The molecule has 0 saturated heterocycles. The molecule has 7 heteroatoms. The zero-order chi connectivity index (χ0) is 20.9. The molecule has 1 aromatic carbocycles. The molecule has 1 aromatic heterocycles. The average Bonchev–Trinajstić information content (AvgIpc) is 3.02. The van der Waals surface area contributed by atoms with Gasteiger partial charge in [-0.15, -0.1) is 0 Å². The molecule has 0 radical (unpaired) electrons. The lowest BCUT2D eigenvalue weighted by Gasteiger charge is -2.25. The summed E-state index contributed by atoms with van der Waals surface area (Å²) >= 11 is 0. The number of aromatic nitrogens is 1. The van der Waals surface area contributed by atoms with Crippen LogP contribution in [0.1, 0.15) is 33.3 Å². The molecule has 28 heavy (non-hydrogen) atoms. The fourth-order valence-electron chi connectivity index (χ4n) is 2.62. The highest BCUT2D eigenvalue weighted by Gasteiger charge is 2.27. The Morgan fingerprint density at radius 3 is 2.57 bits per heavy atom. The van der Waals surface area contributed by atoms with Crippen molar-refractivity contribution in [2.75, 3.05) is 27.2 Å². The highest BCUT2D eigenvalue weighted by molar-refractivity contribution is 5.90. The lowest BCUT2D eigenvalue weighted by atomic mass is 10.1. The number of likely N-dealkylation sites (N-methyl/N-ethyl adjacent to an activating group) is 1. The first-order valence-electron chi connectivity index (χ1n) is 9.40. The van der Waals surface area contributed by atoms with E-state index in [4.69, 9.17) is 14.2 Å². The van der Waals surface area contributed by atoms with Crippen LogP contribution in [0.3, 0.4) is 0 Å². The van der Waals surface area contributed by atoms with E-state index >= 15 is 0 Å². The summed E-state index contributed by atoms with van der Waals surface area (Å²) in [4.78, 5) is 29.3. The summed E-state index contributed by atoms with van der Waals surface area (Å²) in [5.74, 6) is -0.155.